The van der Waals surface area contributed by atoms with Crippen molar-refractivity contribution in [2.45, 2.75) is 51.4 Å². The van der Waals surface area contributed by atoms with Crippen molar-refractivity contribution in [2.24, 2.45) is 5.41 Å². The van der Waals surface area contributed by atoms with Gasteiger partial charge in [0.05, 0.1) is 58.3 Å². The number of rotatable bonds is 40. The van der Waals surface area contributed by atoms with Crippen LogP contribution in [-0.2, 0) is 76.5 Å². The Hall–Kier alpha value is -6.52. The van der Waals surface area contributed by atoms with E-state index in [2.05, 4.69) is 42.5 Å². The molecule has 65 heavy (non-hydrogen) atoms. The topological polar surface area (TPSA) is 419 Å². The highest BCUT2D eigenvalue weighted by Gasteiger charge is 2.33. The van der Waals surface area contributed by atoms with Gasteiger partial charge in [0.2, 0.25) is 47.3 Å². The highest BCUT2D eigenvalue weighted by atomic mass is 16.5. The molecule has 28 heteroatoms. The van der Waals surface area contributed by atoms with Crippen molar-refractivity contribution in [3.63, 3.8) is 0 Å². The molecule has 0 spiro atoms. The van der Waals surface area contributed by atoms with Gasteiger partial charge in [0.15, 0.2) is 0 Å². The largest absolute Gasteiger partial charge is 0.481 e. The molecule has 0 aromatic rings. The molecule has 0 aliphatic heterocycles. The number of carboxylic acids is 4. The smallest absolute Gasteiger partial charge is 0.312 e. The summed E-state index contributed by atoms with van der Waals surface area (Å²) in [5, 5.41) is 54.2. The molecular weight excluding hydrogens is 876 g/mol. The summed E-state index contributed by atoms with van der Waals surface area (Å²) in [5.41, 5.74) is -1.20. The molecule has 368 valence electrons. The van der Waals surface area contributed by atoms with Gasteiger partial charge < -0.3 is 81.9 Å². The molecule has 28 nitrogen and oxygen atoms in total. The van der Waals surface area contributed by atoms with Crippen molar-refractivity contribution in [3.8, 4) is 0 Å². The lowest BCUT2D eigenvalue weighted by Gasteiger charge is -2.33. The number of ether oxygens (including phenoxy) is 4. The van der Waals surface area contributed by atoms with Gasteiger partial charge in [-0.05, 0) is 0 Å². The maximum absolute atomic E-state index is 12.4. The summed E-state index contributed by atoms with van der Waals surface area (Å²) in [4.78, 5) is 138. The second-order valence-corrected chi connectivity index (χ2v) is 13.8. The predicted molar refractivity (Wildman–Crippen MR) is 217 cm³/mol. The molecule has 0 saturated carbocycles. The Morgan fingerprint density at radius 3 is 0.631 bits per heavy atom. The SMILES string of the molecule is O=C(O)CC(=O)NCCNC(=O)CCOCC(COCCC(=O)NCCNC(=O)CC(=O)O)(COCCC(=O)NCCNC(=O)CC(=O)O)COCCC(=O)NCCNC(=O)CC(=O)O. The zero-order valence-electron chi connectivity index (χ0n) is 35.8. The lowest BCUT2D eigenvalue weighted by molar-refractivity contribution is -0.142. The third-order valence-corrected chi connectivity index (χ3v) is 7.85. The molecule has 0 aliphatic carbocycles. The summed E-state index contributed by atoms with van der Waals surface area (Å²) in [6.07, 6.45) is -3.57. The first-order chi connectivity index (χ1) is 30.8. The number of hydrogen-bond acceptors (Lipinski definition) is 16. The van der Waals surface area contributed by atoms with E-state index in [1.54, 1.807) is 0 Å². The number of carbonyl (C=O) groups excluding carboxylic acids is 8. The zero-order valence-corrected chi connectivity index (χ0v) is 35.8. The Kier molecular flexibility index (Phi) is 32.3. The first-order valence-corrected chi connectivity index (χ1v) is 20.1. The molecule has 8 amide bonds. The van der Waals surface area contributed by atoms with Crippen molar-refractivity contribution in [2.75, 3.05) is 105 Å². The first-order valence-electron chi connectivity index (χ1n) is 20.1. The molecule has 0 rings (SSSR count). The van der Waals surface area contributed by atoms with Gasteiger partial charge >= 0.3 is 23.9 Å². The third kappa shape index (κ3) is 36.6. The average molecular weight is 937 g/mol. The third-order valence-electron chi connectivity index (χ3n) is 7.85. The second-order valence-electron chi connectivity index (χ2n) is 13.8. The van der Waals surface area contributed by atoms with Crippen LogP contribution < -0.4 is 42.5 Å². The zero-order chi connectivity index (χ0) is 48.9. The van der Waals surface area contributed by atoms with E-state index >= 15 is 0 Å². The number of hydrogen-bond donors (Lipinski definition) is 12. The quantitative estimate of drug-likeness (QED) is 0.0201. The fourth-order valence-electron chi connectivity index (χ4n) is 4.83. The Morgan fingerprint density at radius 2 is 0.462 bits per heavy atom. The number of nitrogens with one attached hydrogen (secondary N) is 8. The van der Waals surface area contributed by atoms with Crippen LogP contribution >= 0.6 is 0 Å². The van der Waals surface area contributed by atoms with Crippen LogP contribution in [0.2, 0.25) is 0 Å². The molecule has 0 bridgehead atoms. The minimum absolute atomic E-state index is 0.00351. The molecule has 0 atom stereocenters. The normalized spacial score (nSPS) is 10.7. The second kappa shape index (κ2) is 35.9. The van der Waals surface area contributed by atoms with Crippen molar-refractivity contribution in [1.29, 1.82) is 0 Å². The van der Waals surface area contributed by atoms with E-state index in [1.165, 1.54) is 0 Å². The number of carboxylic acid groups (broad SMARTS) is 4. The van der Waals surface area contributed by atoms with Crippen LogP contribution in [0, 0.1) is 5.41 Å². The highest BCUT2D eigenvalue weighted by Crippen LogP contribution is 2.21. The van der Waals surface area contributed by atoms with Gasteiger partial charge in [0.25, 0.3) is 0 Å². The van der Waals surface area contributed by atoms with Gasteiger partial charge in [0, 0.05) is 78.0 Å². The fraction of sp³-hybridized carbons (Fsp3) is 0.676. The Balaban J connectivity index is 5.61. The van der Waals surface area contributed by atoms with Gasteiger partial charge in [-0.2, -0.15) is 0 Å². The van der Waals surface area contributed by atoms with Crippen molar-refractivity contribution in [1.82, 2.24) is 42.5 Å². The summed E-state index contributed by atoms with van der Waals surface area (Å²) in [5.74, 6) is -10.1. The van der Waals surface area contributed by atoms with Crippen LogP contribution in [-0.4, -0.2) is 197 Å². The maximum atomic E-state index is 12.4. The van der Waals surface area contributed by atoms with Gasteiger partial charge in [-0.1, -0.05) is 0 Å². The van der Waals surface area contributed by atoms with Gasteiger partial charge in [-0.3, -0.25) is 57.5 Å². The van der Waals surface area contributed by atoms with Crippen molar-refractivity contribution in [3.05, 3.63) is 0 Å². The Bertz CT molecular complexity index is 1370. The maximum Gasteiger partial charge on any atom is 0.312 e. The van der Waals surface area contributed by atoms with Crippen LogP contribution in [0.5, 0.6) is 0 Å². The van der Waals surface area contributed by atoms with E-state index in [4.69, 9.17) is 39.4 Å². The predicted octanol–water partition coefficient (Wildman–Crippen LogP) is -5.57. The van der Waals surface area contributed by atoms with E-state index in [1.807, 2.05) is 0 Å². The van der Waals surface area contributed by atoms with E-state index in [0.29, 0.717) is 0 Å². The summed E-state index contributed by atoms with van der Waals surface area (Å²) < 4.78 is 23.3. The number of carbonyl (C=O) groups is 12. The summed E-state index contributed by atoms with van der Waals surface area (Å²) >= 11 is 0. The molecule has 0 unspecified atom stereocenters. The molecular formula is C37H60N8O20. The standard InChI is InChI=1S/C37H60N8O20/c46-25(38-5-9-42-29(50)17-33(54)55)1-13-62-21-37(22-63-14-2-26(47)39-6-10-43-30(51)18-34(56)57,23-64-15-3-27(48)40-7-11-44-31(52)19-35(58)59)24-65-16-4-28(49)41-8-12-45-32(53)20-36(60)61/h1-24H2,(H,38,46)(H,39,47)(H,40,48)(H,41,49)(H,42,50)(H,43,51)(H,44,52)(H,45,53)(H,54,55)(H,56,57)(H,58,59)(H,60,61). The lowest BCUT2D eigenvalue weighted by atomic mass is 9.92. The molecule has 0 heterocycles. The Morgan fingerprint density at radius 1 is 0.292 bits per heavy atom. The van der Waals surface area contributed by atoms with Crippen LogP contribution in [0.4, 0.5) is 0 Å². The fourth-order valence-corrected chi connectivity index (χ4v) is 4.83. The van der Waals surface area contributed by atoms with E-state index < -0.39 is 102 Å². The average Bonchev–Trinajstić information content (AvgIpc) is 3.21. The van der Waals surface area contributed by atoms with E-state index in [0.717, 1.165) is 0 Å². The summed E-state index contributed by atoms with van der Waals surface area (Å²) in [7, 11) is 0. The lowest BCUT2D eigenvalue weighted by Crippen LogP contribution is -2.43. The molecule has 0 aromatic carbocycles. The first kappa shape index (κ1) is 58.5. The van der Waals surface area contributed by atoms with Crippen molar-refractivity contribution < 1.29 is 96.9 Å². The molecule has 0 aliphatic rings. The minimum atomic E-state index is -1.32. The van der Waals surface area contributed by atoms with Crippen LogP contribution in [0.25, 0.3) is 0 Å². The Labute approximate surface area is 372 Å². The van der Waals surface area contributed by atoms with E-state index in [-0.39, 0.29) is 131 Å². The van der Waals surface area contributed by atoms with Gasteiger partial charge in [-0.15, -0.1) is 0 Å². The van der Waals surface area contributed by atoms with Crippen LogP contribution in [0.15, 0.2) is 0 Å². The molecule has 0 aromatic heterocycles. The highest BCUT2D eigenvalue weighted by molar-refractivity contribution is 5.94. The van der Waals surface area contributed by atoms with Crippen LogP contribution in [0.3, 0.4) is 0 Å². The molecule has 12 N–H and O–H groups in total. The summed E-state index contributed by atoms with van der Waals surface area (Å²) in [6, 6.07) is 0. The summed E-state index contributed by atoms with van der Waals surface area (Å²) in [6.45, 7) is -1.52. The molecule has 0 saturated heterocycles. The number of amides is 8. The monoisotopic (exact) mass is 936 g/mol. The van der Waals surface area contributed by atoms with Crippen LogP contribution in [0.1, 0.15) is 51.4 Å². The van der Waals surface area contributed by atoms with Gasteiger partial charge in [0.1, 0.15) is 25.7 Å². The minimum Gasteiger partial charge on any atom is -0.481 e. The van der Waals surface area contributed by atoms with Gasteiger partial charge in [-0.25, -0.2) is 0 Å². The van der Waals surface area contributed by atoms with E-state index in [9.17, 15) is 57.5 Å². The van der Waals surface area contributed by atoms with Crippen molar-refractivity contribution >= 4 is 71.1 Å². The molecule has 0 radical (unpaired) electrons. The number of aliphatic carboxylic acids is 4. The molecule has 0 fully saturated rings.